The number of nitrogens with two attached hydrogens (primary N) is 1. The Hall–Kier alpha value is -1.79. The van der Waals surface area contributed by atoms with Crippen LogP contribution < -0.4 is 11.1 Å². The molecule has 3 amide bonds. The average molecular weight is 287 g/mol. The molecule has 0 saturated heterocycles. The van der Waals surface area contributed by atoms with E-state index in [1.54, 1.807) is 13.8 Å². The fourth-order valence-electron chi connectivity index (χ4n) is 1.58. The molecule has 0 heterocycles. The van der Waals surface area contributed by atoms with E-state index >= 15 is 0 Å². The van der Waals surface area contributed by atoms with E-state index in [2.05, 4.69) is 5.32 Å². The Bertz CT molecular complexity index is 371. The lowest BCUT2D eigenvalue weighted by Gasteiger charge is -2.27. The molecule has 0 aromatic carbocycles. The number of carbonyl (C=O) groups is 3. The number of carboxylic acids is 1. The fourth-order valence-corrected chi connectivity index (χ4v) is 1.58. The van der Waals surface area contributed by atoms with Crippen molar-refractivity contribution in [3.8, 4) is 0 Å². The van der Waals surface area contributed by atoms with E-state index in [1.807, 2.05) is 13.8 Å². The smallest absolute Gasteiger partial charge is 0.317 e. The Labute approximate surface area is 119 Å². The molecule has 0 aliphatic rings. The summed E-state index contributed by atoms with van der Waals surface area (Å²) in [7, 11) is 0. The topological polar surface area (TPSA) is 113 Å². The number of nitrogens with one attached hydrogen (secondary N) is 1. The number of carboxylic acid groups (broad SMARTS) is 1. The van der Waals surface area contributed by atoms with Crippen molar-refractivity contribution in [2.24, 2.45) is 17.1 Å². The van der Waals surface area contributed by atoms with Gasteiger partial charge >= 0.3 is 12.0 Å². The summed E-state index contributed by atoms with van der Waals surface area (Å²) in [4.78, 5) is 35.4. The predicted molar refractivity (Wildman–Crippen MR) is 75.0 cm³/mol. The first-order valence-corrected chi connectivity index (χ1v) is 6.66. The van der Waals surface area contributed by atoms with Crippen LogP contribution in [0.4, 0.5) is 4.79 Å². The molecule has 0 aromatic heterocycles. The number of hydrogen-bond donors (Lipinski definition) is 3. The van der Waals surface area contributed by atoms with Crippen LogP contribution in [0.25, 0.3) is 0 Å². The second-order valence-electron chi connectivity index (χ2n) is 5.62. The summed E-state index contributed by atoms with van der Waals surface area (Å²) < 4.78 is 0. The van der Waals surface area contributed by atoms with Gasteiger partial charge in [-0.1, -0.05) is 20.8 Å². The van der Waals surface area contributed by atoms with E-state index in [9.17, 15) is 14.4 Å². The Kier molecular flexibility index (Phi) is 7.02. The summed E-state index contributed by atoms with van der Waals surface area (Å²) in [6, 6.07) is -0.474. The quantitative estimate of drug-likeness (QED) is 0.608. The van der Waals surface area contributed by atoms with Crippen molar-refractivity contribution in [1.29, 1.82) is 0 Å². The highest BCUT2D eigenvalue weighted by atomic mass is 16.4. The van der Waals surface area contributed by atoms with Crippen LogP contribution in [0, 0.1) is 11.3 Å². The number of aliphatic carboxylic acids is 1. The molecule has 0 aromatic rings. The Morgan fingerprint density at radius 1 is 1.35 bits per heavy atom. The first kappa shape index (κ1) is 18.2. The van der Waals surface area contributed by atoms with E-state index in [0.29, 0.717) is 13.0 Å². The van der Waals surface area contributed by atoms with Gasteiger partial charge in [-0.15, -0.1) is 0 Å². The summed E-state index contributed by atoms with van der Waals surface area (Å²) in [5.74, 6) is -1.39. The molecule has 116 valence electrons. The van der Waals surface area contributed by atoms with Crippen LogP contribution in [0.1, 0.15) is 34.1 Å². The van der Waals surface area contributed by atoms with E-state index < -0.39 is 23.3 Å². The highest BCUT2D eigenvalue weighted by Gasteiger charge is 2.32. The molecule has 1 atom stereocenters. The molecule has 20 heavy (non-hydrogen) atoms. The Morgan fingerprint density at radius 3 is 2.25 bits per heavy atom. The number of amides is 3. The van der Waals surface area contributed by atoms with E-state index in [0.717, 1.165) is 0 Å². The molecule has 0 radical (unpaired) electrons. The van der Waals surface area contributed by atoms with Crippen molar-refractivity contribution in [3.63, 3.8) is 0 Å². The molecular weight excluding hydrogens is 262 g/mol. The summed E-state index contributed by atoms with van der Waals surface area (Å²) in [5, 5.41) is 11.7. The number of urea groups is 1. The largest absolute Gasteiger partial charge is 0.481 e. The lowest BCUT2D eigenvalue weighted by atomic mass is 9.88. The van der Waals surface area contributed by atoms with Crippen molar-refractivity contribution in [3.05, 3.63) is 0 Å². The summed E-state index contributed by atoms with van der Waals surface area (Å²) in [5.41, 5.74) is 4.09. The molecule has 0 spiro atoms. The molecule has 0 saturated carbocycles. The SMILES string of the molecule is CCC(C)(CNC(=O)N(CC(N)=O)CC(C)C)C(=O)O. The monoisotopic (exact) mass is 287 g/mol. The highest BCUT2D eigenvalue weighted by Crippen LogP contribution is 2.19. The Balaban J connectivity index is 4.67. The van der Waals surface area contributed by atoms with Crippen LogP contribution in [0.5, 0.6) is 0 Å². The van der Waals surface area contributed by atoms with Gasteiger partial charge in [0.05, 0.1) is 5.41 Å². The van der Waals surface area contributed by atoms with Crippen molar-refractivity contribution >= 4 is 17.9 Å². The van der Waals surface area contributed by atoms with Crippen molar-refractivity contribution in [1.82, 2.24) is 10.2 Å². The number of hydrogen-bond acceptors (Lipinski definition) is 3. The lowest BCUT2D eigenvalue weighted by Crippen LogP contribution is -2.49. The standard InChI is InChI=1S/C13H25N3O4/c1-5-13(4,11(18)19)8-15-12(20)16(6-9(2)3)7-10(14)17/h9H,5-8H2,1-4H3,(H2,14,17)(H,15,20)(H,18,19). The zero-order valence-electron chi connectivity index (χ0n) is 12.6. The molecule has 1 unspecified atom stereocenters. The number of rotatable bonds is 8. The van der Waals surface area contributed by atoms with Gasteiger partial charge in [0.25, 0.3) is 0 Å². The fraction of sp³-hybridized carbons (Fsp3) is 0.769. The van der Waals surface area contributed by atoms with Crippen LogP contribution >= 0.6 is 0 Å². The van der Waals surface area contributed by atoms with Gasteiger partial charge < -0.3 is 21.1 Å². The maximum Gasteiger partial charge on any atom is 0.317 e. The van der Waals surface area contributed by atoms with Gasteiger partial charge in [0.2, 0.25) is 5.91 Å². The van der Waals surface area contributed by atoms with Gasteiger partial charge in [0.15, 0.2) is 0 Å². The second kappa shape index (κ2) is 7.72. The van der Waals surface area contributed by atoms with Gasteiger partial charge in [-0.05, 0) is 19.3 Å². The van der Waals surface area contributed by atoms with Gasteiger partial charge in [-0.3, -0.25) is 9.59 Å². The first-order chi connectivity index (χ1) is 9.12. The van der Waals surface area contributed by atoms with Crippen LogP contribution in [0.2, 0.25) is 0 Å². The van der Waals surface area contributed by atoms with Gasteiger partial charge in [-0.2, -0.15) is 0 Å². The van der Waals surface area contributed by atoms with Crippen LogP contribution in [0.15, 0.2) is 0 Å². The lowest BCUT2D eigenvalue weighted by molar-refractivity contribution is -0.147. The minimum absolute atomic E-state index is 0.00498. The minimum Gasteiger partial charge on any atom is -0.481 e. The van der Waals surface area contributed by atoms with E-state index in [4.69, 9.17) is 10.8 Å². The number of nitrogens with zero attached hydrogens (tertiary/aromatic N) is 1. The molecule has 0 aliphatic heterocycles. The van der Waals surface area contributed by atoms with Gasteiger partial charge in [0, 0.05) is 13.1 Å². The number of primary amides is 1. The van der Waals surface area contributed by atoms with E-state index in [-0.39, 0.29) is 19.0 Å². The van der Waals surface area contributed by atoms with Crippen LogP contribution in [0.3, 0.4) is 0 Å². The van der Waals surface area contributed by atoms with Crippen LogP contribution in [-0.4, -0.2) is 47.5 Å². The predicted octanol–water partition coefficient (Wildman–Crippen LogP) is 0.640. The second-order valence-corrected chi connectivity index (χ2v) is 5.62. The minimum atomic E-state index is -1.02. The van der Waals surface area contributed by atoms with Gasteiger partial charge in [0.1, 0.15) is 6.54 Å². The third kappa shape index (κ3) is 5.90. The van der Waals surface area contributed by atoms with Crippen molar-refractivity contribution in [2.75, 3.05) is 19.6 Å². The molecule has 0 rings (SSSR count). The molecule has 0 bridgehead atoms. The molecule has 7 nitrogen and oxygen atoms in total. The zero-order valence-corrected chi connectivity index (χ0v) is 12.6. The average Bonchev–Trinajstić information content (AvgIpc) is 2.33. The molecule has 7 heteroatoms. The zero-order chi connectivity index (χ0) is 15.9. The molecular formula is C13H25N3O4. The third-order valence-corrected chi connectivity index (χ3v) is 3.15. The van der Waals surface area contributed by atoms with Crippen LogP contribution in [-0.2, 0) is 9.59 Å². The summed E-state index contributed by atoms with van der Waals surface area (Å²) in [6.07, 6.45) is 0.391. The summed E-state index contributed by atoms with van der Waals surface area (Å²) >= 11 is 0. The normalized spacial score (nSPS) is 13.7. The van der Waals surface area contributed by atoms with Crippen molar-refractivity contribution in [2.45, 2.75) is 34.1 Å². The first-order valence-electron chi connectivity index (χ1n) is 6.66. The molecule has 0 fully saturated rings. The van der Waals surface area contributed by atoms with Gasteiger partial charge in [-0.25, -0.2) is 4.79 Å². The Morgan fingerprint density at radius 2 is 1.90 bits per heavy atom. The molecule has 4 N–H and O–H groups in total. The maximum atomic E-state index is 12.0. The van der Waals surface area contributed by atoms with Crippen molar-refractivity contribution < 1.29 is 19.5 Å². The van der Waals surface area contributed by atoms with E-state index in [1.165, 1.54) is 4.90 Å². The molecule has 0 aliphatic carbocycles. The summed E-state index contributed by atoms with van der Waals surface area (Å²) in [6.45, 7) is 7.34. The number of carbonyl (C=O) groups excluding carboxylic acids is 2. The maximum absolute atomic E-state index is 12.0. The third-order valence-electron chi connectivity index (χ3n) is 3.15. The highest BCUT2D eigenvalue weighted by molar-refractivity contribution is 5.83.